The first kappa shape index (κ1) is 21.4. The molecular formula is C18H24N4O5S2. The van der Waals surface area contributed by atoms with Gasteiger partial charge in [0.2, 0.25) is 11.1 Å². The van der Waals surface area contributed by atoms with E-state index in [1.165, 1.54) is 11.8 Å². The number of carbonyl (C=O) groups is 1. The lowest BCUT2D eigenvalue weighted by atomic mass is 10.2. The predicted molar refractivity (Wildman–Crippen MR) is 110 cm³/mol. The second-order valence-corrected chi connectivity index (χ2v) is 9.73. The van der Waals surface area contributed by atoms with E-state index in [1.54, 1.807) is 31.3 Å². The number of ether oxygens (including phenoxy) is 2. The number of benzene rings is 1. The highest BCUT2D eigenvalue weighted by Crippen LogP contribution is 2.32. The lowest BCUT2D eigenvalue weighted by Gasteiger charge is -2.26. The first-order chi connectivity index (χ1) is 13.9. The Balaban J connectivity index is 1.65. The zero-order valence-corrected chi connectivity index (χ0v) is 18.2. The normalized spacial score (nSPS) is 17.8. The van der Waals surface area contributed by atoms with Crippen LogP contribution in [0.15, 0.2) is 23.4 Å². The maximum atomic E-state index is 12.6. The van der Waals surface area contributed by atoms with E-state index in [1.807, 2.05) is 13.0 Å². The first-order valence-electron chi connectivity index (χ1n) is 9.14. The van der Waals surface area contributed by atoms with Gasteiger partial charge in [-0.05, 0) is 25.5 Å². The first-order valence-corrected chi connectivity index (χ1v) is 11.9. The van der Waals surface area contributed by atoms with Crippen LogP contribution in [0.2, 0.25) is 0 Å². The SMILES string of the molecule is CCN(C(=O)CSc1n[nH]c(-c2ccc(OC)cc2OC)n1)C1CCS(=O)(=O)C1. The Morgan fingerprint density at radius 2 is 2.14 bits per heavy atom. The average molecular weight is 441 g/mol. The minimum absolute atomic E-state index is 0.0410. The Morgan fingerprint density at radius 3 is 2.76 bits per heavy atom. The molecule has 2 aromatic rings. The molecule has 0 bridgehead atoms. The number of nitrogens with one attached hydrogen (secondary N) is 1. The molecule has 1 aliphatic heterocycles. The second-order valence-electron chi connectivity index (χ2n) is 6.56. The van der Waals surface area contributed by atoms with Crippen molar-refractivity contribution in [3.8, 4) is 22.9 Å². The summed E-state index contributed by atoms with van der Waals surface area (Å²) in [6, 6.07) is 5.12. The molecule has 1 amide bonds. The molecule has 158 valence electrons. The van der Waals surface area contributed by atoms with E-state index in [-0.39, 0.29) is 29.2 Å². The number of carbonyl (C=O) groups excluding carboxylic acids is 1. The number of thioether (sulfide) groups is 1. The van der Waals surface area contributed by atoms with Gasteiger partial charge in [-0.25, -0.2) is 13.4 Å². The minimum atomic E-state index is -3.04. The average Bonchev–Trinajstić information content (AvgIpc) is 3.32. The maximum absolute atomic E-state index is 12.6. The molecule has 0 saturated carbocycles. The summed E-state index contributed by atoms with van der Waals surface area (Å²) in [7, 11) is 0.0982. The van der Waals surface area contributed by atoms with E-state index in [0.29, 0.717) is 35.4 Å². The molecule has 1 aromatic heterocycles. The van der Waals surface area contributed by atoms with E-state index >= 15 is 0 Å². The number of aromatic amines is 1. The number of nitrogens with zero attached hydrogens (tertiary/aromatic N) is 3. The summed E-state index contributed by atoms with van der Waals surface area (Å²) in [6.45, 7) is 2.33. The topological polar surface area (TPSA) is 114 Å². The summed E-state index contributed by atoms with van der Waals surface area (Å²) in [5.74, 6) is 1.98. The van der Waals surface area contributed by atoms with E-state index < -0.39 is 9.84 Å². The van der Waals surface area contributed by atoms with Crippen LogP contribution in [0.25, 0.3) is 11.4 Å². The Bertz CT molecular complexity index is 976. The lowest BCUT2D eigenvalue weighted by Crippen LogP contribution is -2.41. The number of sulfone groups is 1. The molecule has 29 heavy (non-hydrogen) atoms. The summed E-state index contributed by atoms with van der Waals surface area (Å²) < 4.78 is 34.0. The summed E-state index contributed by atoms with van der Waals surface area (Å²) in [5.41, 5.74) is 0.727. The van der Waals surface area contributed by atoms with Crippen LogP contribution in [-0.2, 0) is 14.6 Å². The van der Waals surface area contributed by atoms with Crippen LogP contribution in [0, 0.1) is 0 Å². The molecule has 0 aliphatic carbocycles. The summed E-state index contributed by atoms with van der Waals surface area (Å²) >= 11 is 1.21. The van der Waals surface area contributed by atoms with E-state index in [2.05, 4.69) is 15.2 Å². The fraction of sp³-hybridized carbons (Fsp3) is 0.500. The number of aromatic nitrogens is 3. The van der Waals surface area contributed by atoms with E-state index in [4.69, 9.17) is 9.47 Å². The molecular weight excluding hydrogens is 416 g/mol. The van der Waals surface area contributed by atoms with Gasteiger partial charge in [-0.15, -0.1) is 5.10 Å². The fourth-order valence-electron chi connectivity index (χ4n) is 3.29. The van der Waals surface area contributed by atoms with Crippen LogP contribution in [0.5, 0.6) is 11.5 Å². The van der Waals surface area contributed by atoms with Gasteiger partial charge in [0.1, 0.15) is 11.5 Å². The minimum Gasteiger partial charge on any atom is -0.497 e. The number of methoxy groups -OCH3 is 2. The Labute approximate surface area is 174 Å². The molecule has 1 aliphatic rings. The molecule has 1 aromatic carbocycles. The fourth-order valence-corrected chi connectivity index (χ4v) is 5.71. The highest BCUT2D eigenvalue weighted by atomic mass is 32.2. The van der Waals surface area contributed by atoms with Gasteiger partial charge in [-0.2, -0.15) is 0 Å². The van der Waals surface area contributed by atoms with Gasteiger partial charge in [0.05, 0.1) is 37.0 Å². The smallest absolute Gasteiger partial charge is 0.233 e. The number of H-pyrrole nitrogens is 1. The number of rotatable bonds is 8. The van der Waals surface area contributed by atoms with Crippen LogP contribution >= 0.6 is 11.8 Å². The molecule has 9 nitrogen and oxygen atoms in total. The highest BCUT2D eigenvalue weighted by molar-refractivity contribution is 7.99. The maximum Gasteiger partial charge on any atom is 0.233 e. The molecule has 1 fully saturated rings. The summed E-state index contributed by atoms with van der Waals surface area (Å²) in [4.78, 5) is 18.7. The van der Waals surface area contributed by atoms with Gasteiger partial charge in [0, 0.05) is 18.7 Å². The van der Waals surface area contributed by atoms with Crippen molar-refractivity contribution >= 4 is 27.5 Å². The van der Waals surface area contributed by atoms with Crippen LogP contribution in [0.1, 0.15) is 13.3 Å². The van der Waals surface area contributed by atoms with E-state index in [9.17, 15) is 13.2 Å². The van der Waals surface area contributed by atoms with Gasteiger partial charge < -0.3 is 14.4 Å². The molecule has 0 spiro atoms. The highest BCUT2D eigenvalue weighted by Gasteiger charge is 2.33. The molecule has 1 N–H and O–H groups in total. The van der Waals surface area contributed by atoms with Gasteiger partial charge in [0.15, 0.2) is 15.7 Å². The Morgan fingerprint density at radius 1 is 1.34 bits per heavy atom. The lowest BCUT2D eigenvalue weighted by molar-refractivity contribution is -0.129. The largest absolute Gasteiger partial charge is 0.497 e. The standard InChI is InChI=1S/C18H24N4O5S2/c1-4-22(12-7-8-29(24,25)11-12)16(23)10-28-18-19-17(20-21-18)14-6-5-13(26-2)9-15(14)27-3/h5-6,9,12H,4,7-8,10-11H2,1-3H3,(H,19,20,21). The molecule has 1 unspecified atom stereocenters. The monoisotopic (exact) mass is 440 g/mol. The Kier molecular flexibility index (Phi) is 6.68. The van der Waals surface area contributed by atoms with Crippen LogP contribution in [0.4, 0.5) is 0 Å². The molecule has 1 saturated heterocycles. The van der Waals surface area contributed by atoms with Gasteiger partial charge in [-0.1, -0.05) is 11.8 Å². The predicted octanol–water partition coefficient (Wildman–Crippen LogP) is 1.62. The third-order valence-corrected chi connectivity index (χ3v) is 7.35. The van der Waals surface area contributed by atoms with Crippen molar-refractivity contribution in [1.29, 1.82) is 0 Å². The zero-order chi connectivity index (χ0) is 21.0. The zero-order valence-electron chi connectivity index (χ0n) is 16.5. The van der Waals surface area contributed by atoms with Gasteiger partial charge in [0.25, 0.3) is 0 Å². The van der Waals surface area contributed by atoms with Crippen molar-refractivity contribution in [2.24, 2.45) is 0 Å². The third kappa shape index (κ3) is 5.02. The third-order valence-electron chi connectivity index (χ3n) is 4.76. The number of hydrogen-bond donors (Lipinski definition) is 1. The Hall–Kier alpha value is -2.27. The van der Waals surface area contributed by atoms with Crippen molar-refractivity contribution in [1.82, 2.24) is 20.1 Å². The van der Waals surface area contributed by atoms with Crippen molar-refractivity contribution < 1.29 is 22.7 Å². The van der Waals surface area contributed by atoms with E-state index in [0.717, 1.165) is 5.56 Å². The molecule has 2 heterocycles. The molecule has 1 atom stereocenters. The molecule has 11 heteroatoms. The molecule has 0 radical (unpaired) electrons. The summed E-state index contributed by atoms with van der Waals surface area (Å²) in [5, 5.41) is 7.45. The summed E-state index contributed by atoms with van der Waals surface area (Å²) in [6.07, 6.45) is 0.495. The number of amides is 1. The van der Waals surface area contributed by atoms with Gasteiger partial charge >= 0.3 is 0 Å². The van der Waals surface area contributed by atoms with Crippen LogP contribution in [0.3, 0.4) is 0 Å². The van der Waals surface area contributed by atoms with Gasteiger partial charge in [-0.3, -0.25) is 9.89 Å². The van der Waals surface area contributed by atoms with Crippen LogP contribution < -0.4 is 9.47 Å². The van der Waals surface area contributed by atoms with Crippen molar-refractivity contribution in [3.63, 3.8) is 0 Å². The number of hydrogen-bond acceptors (Lipinski definition) is 8. The van der Waals surface area contributed by atoms with Crippen LogP contribution in [-0.4, -0.2) is 78.5 Å². The van der Waals surface area contributed by atoms with Crippen molar-refractivity contribution in [3.05, 3.63) is 18.2 Å². The quantitative estimate of drug-likeness (QED) is 0.616. The van der Waals surface area contributed by atoms with Crippen molar-refractivity contribution in [2.45, 2.75) is 24.5 Å². The molecule has 3 rings (SSSR count). The van der Waals surface area contributed by atoms with Crippen molar-refractivity contribution in [2.75, 3.05) is 38.0 Å². The second kappa shape index (κ2) is 9.04.